The van der Waals surface area contributed by atoms with E-state index < -0.39 is 0 Å². The van der Waals surface area contributed by atoms with Gasteiger partial charge in [-0.2, -0.15) is 22.7 Å². The van der Waals surface area contributed by atoms with E-state index in [-0.39, 0.29) is 63.3 Å². The van der Waals surface area contributed by atoms with E-state index in [2.05, 4.69) is 135 Å². The first-order valence-corrected chi connectivity index (χ1v) is 25.3. The second-order valence-corrected chi connectivity index (χ2v) is 20.3. The van der Waals surface area contributed by atoms with Crippen molar-refractivity contribution >= 4 is 120 Å². The van der Waals surface area contributed by atoms with Gasteiger partial charge in [-0.15, -0.1) is 22.9 Å². The summed E-state index contributed by atoms with van der Waals surface area (Å²) in [6.07, 6.45) is 11.0. The van der Waals surface area contributed by atoms with Crippen LogP contribution in [0.1, 0.15) is 57.2 Å². The van der Waals surface area contributed by atoms with E-state index in [4.69, 9.17) is 10.2 Å². The number of aliphatic hydroxyl groups excluding tert-OH is 2. The fourth-order valence-corrected chi connectivity index (χ4v) is 12.6. The van der Waals surface area contributed by atoms with Gasteiger partial charge in [-0.3, -0.25) is 9.59 Å². The van der Waals surface area contributed by atoms with Gasteiger partial charge in [0.15, 0.2) is 11.6 Å². The number of benzene rings is 5. The number of nitrogens with zero attached hydrogens (tertiary/aromatic N) is 4. The number of ketones is 2. The van der Waals surface area contributed by atoms with E-state index in [1.165, 1.54) is 157 Å². The van der Waals surface area contributed by atoms with Crippen LogP contribution in [0.2, 0.25) is 0 Å². The smallest absolute Gasteiger partial charge is 0.155 e. The molecule has 0 bridgehead atoms. The summed E-state index contributed by atoms with van der Waals surface area (Å²) in [6, 6.07) is 48.8. The molecule has 0 atom stereocenters. The summed E-state index contributed by atoms with van der Waals surface area (Å²) >= 11 is 3.60. The van der Waals surface area contributed by atoms with Crippen molar-refractivity contribution in [2.24, 2.45) is 0 Å². The maximum atomic E-state index is 10.0. The Kier molecular flexibility index (Phi) is 14.8. The van der Waals surface area contributed by atoms with Gasteiger partial charge in [0.1, 0.15) is 0 Å². The number of hydrogen-bond acceptors (Lipinski definition) is 8. The molecule has 0 saturated carbocycles. The van der Waals surface area contributed by atoms with Crippen molar-refractivity contribution in [1.29, 1.82) is 0 Å². The van der Waals surface area contributed by atoms with Gasteiger partial charge in [0.05, 0.1) is 11.5 Å². The summed E-state index contributed by atoms with van der Waals surface area (Å²) in [7, 11) is 0. The van der Waals surface area contributed by atoms with E-state index >= 15 is 0 Å². The van der Waals surface area contributed by atoms with Crippen molar-refractivity contribution in [3.05, 3.63) is 180 Å². The van der Waals surface area contributed by atoms with Crippen LogP contribution in [0.4, 0.5) is 0 Å². The molecule has 8 nitrogen and oxygen atoms in total. The molecule has 2 N–H and O–H groups in total. The zero-order chi connectivity index (χ0) is 49.1. The molecule has 0 amide bonds. The first-order chi connectivity index (χ1) is 34.4. The van der Waals surface area contributed by atoms with Gasteiger partial charge in [-0.25, -0.2) is 0 Å². The average Bonchev–Trinajstić information content (AvgIpc) is 4.21. The SMILES string of the molecule is CC(=O)C=C(C)O.CC(=O)C=C(C)O.Cc1ccc2c(c1)cc1c3ccccc3n3c4sc(-c5ccccn5)[c-]c4c2c13.[Ir].[Ir].[c-]1c(-c2ccccn2)sc2c1c1c3c(cc4c5ccccc5n2c41)CCCC3. The Morgan fingerprint density at radius 1 is 0.575 bits per heavy atom. The van der Waals surface area contributed by atoms with Gasteiger partial charge in [0, 0.05) is 119 Å². The van der Waals surface area contributed by atoms with Crippen molar-refractivity contribution in [1.82, 2.24) is 18.8 Å². The molecule has 12 heteroatoms. The van der Waals surface area contributed by atoms with Crippen molar-refractivity contribution in [2.45, 2.75) is 60.3 Å². The predicted octanol–water partition coefficient (Wildman–Crippen LogP) is 15.9. The Labute approximate surface area is 456 Å². The van der Waals surface area contributed by atoms with E-state index in [0.29, 0.717) is 0 Å². The van der Waals surface area contributed by atoms with Gasteiger partial charge in [0.2, 0.25) is 0 Å². The number of pyridine rings is 2. The fourth-order valence-electron chi connectivity index (χ4n) is 10.4. The number of carbonyl (C=O) groups is 2. The van der Waals surface area contributed by atoms with Crippen LogP contribution in [-0.4, -0.2) is 40.5 Å². The maximum absolute atomic E-state index is 10.0. The van der Waals surface area contributed by atoms with Crippen molar-refractivity contribution in [3.63, 3.8) is 0 Å². The molecule has 0 fully saturated rings. The molecule has 0 unspecified atom stereocenters. The van der Waals surface area contributed by atoms with Crippen LogP contribution in [0.5, 0.6) is 0 Å². The number of carbonyl (C=O) groups excluding carboxylic acids is 2. The van der Waals surface area contributed by atoms with Crippen molar-refractivity contribution < 1.29 is 60.0 Å². The number of rotatable bonds is 4. The molecule has 0 saturated heterocycles. The van der Waals surface area contributed by atoms with Gasteiger partial charge in [-0.05, 0) is 117 Å². The largest absolute Gasteiger partial charge is 0.512 e. The van der Waals surface area contributed by atoms with Gasteiger partial charge >= 0.3 is 0 Å². The summed E-state index contributed by atoms with van der Waals surface area (Å²) in [5.74, 6) is -0.125. The molecule has 368 valence electrons. The minimum absolute atomic E-state index is 0. The van der Waals surface area contributed by atoms with Crippen LogP contribution in [0, 0.1) is 19.1 Å². The Morgan fingerprint density at radius 3 is 1.58 bits per heavy atom. The van der Waals surface area contributed by atoms with Crippen LogP contribution in [-0.2, 0) is 62.6 Å². The Hall–Kier alpha value is -6.62. The third-order valence-electron chi connectivity index (χ3n) is 13.0. The standard InChI is InChI=1S/C26H15N2S.C25H17N2S.2C5H8O2.2Ir/c1-15-9-10-17-16(12-15)13-19-18-6-2-3-8-22(18)28-25(19)24(17)20-14-23(29-26(20)28)21-7-4-5-11-27-21;1-2-8-16-15(7-1)13-18-17-9-3-4-11-21(17)27-24(18)23(16)19-14-22(28-25(19)27)20-10-5-6-12-26-20;2*1-4(6)3-5(2)7;;/h2-13H,1H3;3-6,9-13H,1-2,7-8H2;2*3,6H,1-2H3;;/q2*-1;;;;. The zero-order valence-corrected chi connectivity index (χ0v) is 47.0. The molecular formula is C61H48Ir2N4O4S2-2. The van der Waals surface area contributed by atoms with E-state index in [0.717, 1.165) is 21.1 Å². The Bertz CT molecular complexity index is 4210. The molecule has 8 heterocycles. The molecule has 2 radical (unpaired) electrons. The summed E-state index contributed by atoms with van der Waals surface area (Å²) in [4.78, 5) is 34.0. The summed E-state index contributed by atoms with van der Waals surface area (Å²) in [5, 5.41) is 30.0. The van der Waals surface area contributed by atoms with Crippen molar-refractivity contribution in [2.75, 3.05) is 0 Å². The van der Waals surface area contributed by atoms with Crippen molar-refractivity contribution in [3.8, 4) is 21.1 Å². The molecule has 0 spiro atoms. The number of hydrogen-bond donors (Lipinski definition) is 2. The number of para-hydroxylation sites is 2. The second kappa shape index (κ2) is 21.1. The topological polar surface area (TPSA) is 109 Å². The zero-order valence-electron chi connectivity index (χ0n) is 40.6. The molecule has 8 aromatic heterocycles. The minimum Gasteiger partial charge on any atom is -0.512 e. The fraction of sp³-hybridized carbons (Fsp3) is 0.148. The number of aliphatic hydroxyl groups is 2. The van der Waals surface area contributed by atoms with Crippen LogP contribution in [0.3, 0.4) is 0 Å². The average molecular weight is 1350 g/mol. The molecule has 73 heavy (non-hydrogen) atoms. The third kappa shape index (κ3) is 9.37. The molecular weight excluding hydrogens is 1300 g/mol. The predicted molar refractivity (Wildman–Crippen MR) is 295 cm³/mol. The number of fused-ring (bicyclic) bond motifs is 16. The molecule has 1 aliphatic rings. The van der Waals surface area contributed by atoms with Crippen LogP contribution >= 0.6 is 22.7 Å². The summed E-state index contributed by atoms with van der Waals surface area (Å²) in [6.45, 7) is 7.86. The number of aryl methyl sites for hydroxylation is 3. The first kappa shape index (κ1) is 51.3. The van der Waals surface area contributed by atoms with Crippen LogP contribution in [0.15, 0.2) is 151 Å². The normalized spacial score (nSPS) is 12.7. The van der Waals surface area contributed by atoms with Gasteiger partial charge in [0.25, 0.3) is 0 Å². The van der Waals surface area contributed by atoms with E-state index in [1.54, 1.807) is 22.5 Å². The molecule has 13 aromatic rings. The van der Waals surface area contributed by atoms with Gasteiger partial charge in [-0.1, -0.05) is 118 Å². The minimum atomic E-state index is -0.125. The van der Waals surface area contributed by atoms with E-state index in [9.17, 15) is 9.59 Å². The van der Waals surface area contributed by atoms with E-state index in [1.807, 2.05) is 41.9 Å². The molecule has 14 rings (SSSR count). The number of thiophene rings is 2. The summed E-state index contributed by atoms with van der Waals surface area (Å²) < 4.78 is 4.92. The Morgan fingerprint density at radius 2 is 1.07 bits per heavy atom. The Balaban J connectivity index is 0.000000140. The van der Waals surface area contributed by atoms with Gasteiger partial charge < -0.3 is 29.0 Å². The third-order valence-corrected chi connectivity index (χ3v) is 15.2. The van der Waals surface area contributed by atoms with Crippen LogP contribution < -0.4 is 0 Å². The van der Waals surface area contributed by atoms with Crippen LogP contribution in [0.25, 0.3) is 107 Å². The number of aromatic nitrogens is 4. The summed E-state index contributed by atoms with van der Waals surface area (Å²) in [5.41, 5.74) is 11.7. The quantitative estimate of drug-likeness (QED) is 0.103. The first-order valence-electron chi connectivity index (χ1n) is 23.7. The molecule has 0 aliphatic heterocycles. The maximum Gasteiger partial charge on any atom is 0.155 e. The number of allylic oxidation sites excluding steroid dienone is 4. The second-order valence-electron chi connectivity index (χ2n) is 18.3. The molecule has 5 aromatic carbocycles. The monoisotopic (exact) mass is 1350 g/mol. The molecule has 1 aliphatic carbocycles.